The average Bonchev–Trinajstić information content (AvgIpc) is 3.13. The Hall–Kier alpha value is -3.50. The van der Waals surface area contributed by atoms with Crippen LogP contribution in [0.1, 0.15) is 39.4 Å². The molecule has 8 nitrogen and oxygen atoms in total. The minimum absolute atomic E-state index is 0.0681. The highest BCUT2D eigenvalue weighted by Crippen LogP contribution is 2.23. The van der Waals surface area contributed by atoms with Crippen LogP contribution in [0.5, 0.6) is 5.75 Å². The van der Waals surface area contributed by atoms with Crippen molar-refractivity contribution in [3.05, 3.63) is 72.8 Å². The van der Waals surface area contributed by atoms with Crippen molar-refractivity contribution in [2.24, 2.45) is 0 Å². The van der Waals surface area contributed by atoms with Crippen molar-refractivity contribution in [2.45, 2.75) is 26.4 Å². The fourth-order valence-corrected chi connectivity index (χ4v) is 4.73. The molecule has 4 rings (SSSR count). The predicted molar refractivity (Wildman–Crippen MR) is 131 cm³/mol. The third-order valence-corrected chi connectivity index (χ3v) is 6.40. The van der Waals surface area contributed by atoms with Gasteiger partial charge in [0.25, 0.3) is 17.4 Å². The highest BCUT2D eigenvalue weighted by atomic mass is 32.1. The summed E-state index contributed by atoms with van der Waals surface area (Å²) in [6, 6.07) is 12.1. The minimum atomic E-state index is -0.360. The Bertz CT molecular complexity index is 1480. The molecule has 0 radical (unpaired) electrons. The molecule has 0 fully saturated rings. The number of amides is 2. The predicted octanol–water partition coefficient (Wildman–Crippen LogP) is 3.65. The SMILES string of the molecule is COc1ccc(CNC(=O)c2ccc3c(=O)[nH]c4c(C(=O)NC(C)C)sc(=S)n4c3c2)cc1. The number of hydrogen-bond donors (Lipinski definition) is 3. The maximum atomic E-state index is 12.8. The topological polar surface area (TPSA) is 105 Å². The molecule has 0 aliphatic heterocycles. The summed E-state index contributed by atoms with van der Waals surface area (Å²) in [6.07, 6.45) is 0. The van der Waals surface area contributed by atoms with Gasteiger partial charge in [-0.15, -0.1) is 0 Å². The van der Waals surface area contributed by atoms with Gasteiger partial charge in [-0.25, -0.2) is 0 Å². The lowest BCUT2D eigenvalue weighted by Gasteiger charge is -2.09. The van der Waals surface area contributed by atoms with E-state index in [1.165, 1.54) is 0 Å². The Kier molecular flexibility index (Phi) is 6.30. The van der Waals surface area contributed by atoms with Gasteiger partial charge < -0.3 is 20.4 Å². The number of carbonyl (C=O) groups is 2. The van der Waals surface area contributed by atoms with Crippen LogP contribution in [0.15, 0.2) is 47.3 Å². The molecule has 170 valence electrons. The molecule has 0 aliphatic carbocycles. The van der Waals surface area contributed by atoms with Crippen molar-refractivity contribution in [3.8, 4) is 5.75 Å². The van der Waals surface area contributed by atoms with E-state index in [4.69, 9.17) is 17.0 Å². The number of nitrogens with zero attached hydrogens (tertiary/aromatic N) is 1. The maximum Gasteiger partial charge on any atom is 0.265 e. The number of fused-ring (bicyclic) bond motifs is 3. The molecule has 3 N–H and O–H groups in total. The molecule has 10 heteroatoms. The van der Waals surface area contributed by atoms with Gasteiger partial charge in [0.05, 0.1) is 18.0 Å². The van der Waals surface area contributed by atoms with Crippen LogP contribution in [0, 0.1) is 3.95 Å². The minimum Gasteiger partial charge on any atom is -0.497 e. The summed E-state index contributed by atoms with van der Waals surface area (Å²) in [5.41, 5.74) is 1.72. The molecule has 33 heavy (non-hydrogen) atoms. The Morgan fingerprint density at radius 3 is 2.55 bits per heavy atom. The first-order valence-corrected chi connectivity index (χ1v) is 11.4. The second kappa shape index (κ2) is 9.16. The maximum absolute atomic E-state index is 12.8. The Labute approximate surface area is 198 Å². The fourth-order valence-electron chi connectivity index (χ4n) is 3.44. The van der Waals surface area contributed by atoms with E-state index in [-0.39, 0.29) is 23.4 Å². The normalized spacial score (nSPS) is 11.2. The number of thiazole rings is 1. The van der Waals surface area contributed by atoms with Crippen molar-refractivity contribution in [2.75, 3.05) is 7.11 Å². The molecule has 2 heterocycles. The van der Waals surface area contributed by atoms with E-state index in [1.54, 1.807) is 29.7 Å². The number of rotatable bonds is 6. The highest BCUT2D eigenvalue weighted by molar-refractivity contribution is 7.73. The Morgan fingerprint density at radius 2 is 1.88 bits per heavy atom. The van der Waals surface area contributed by atoms with E-state index in [9.17, 15) is 14.4 Å². The van der Waals surface area contributed by atoms with Gasteiger partial charge >= 0.3 is 0 Å². The summed E-state index contributed by atoms with van der Waals surface area (Å²) in [5.74, 6) is 0.135. The summed E-state index contributed by atoms with van der Waals surface area (Å²) >= 11 is 6.60. The molecule has 2 amide bonds. The van der Waals surface area contributed by atoms with E-state index >= 15 is 0 Å². The van der Waals surface area contributed by atoms with Crippen LogP contribution in [0.25, 0.3) is 16.6 Å². The second-order valence-corrected chi connectivity index (χ2v) is 9.37. The summed E-state index contributed by atoms with van der Waals surface area (Å²) < 4.78 is 7.17. The van der Waals surface area contributed by atoms with Gasteiger partial charge in [0.1, 0.15) is 16.3 Å². The van der Waals surface area contributed by atoms with Gasteiger partial charge in [0.2, 0.25) is 0 Å². The molecule has 0 bridgehead atoms. The van der Waals surface area contributed by atoms with Crippen LogP contribution < -0.4 is 20.9 Å². The molecule has 2 aromatic heterocycles. The molecule has 0 unspecified atom stereocenters. The van der Waals surface area contributed by atoms with Gasteiger partial charge in [-0.1, -0.05) is 23.5 Å². The van der Waals surface area contributed by atoms with Crippen LogP contribution in [-0.4, -0.2) is 34.4 Å². The molecule has 0 saturated carbocycles. The zero-order chi connectivity index (χ0) is 23.7. The van der Waals surface area contributed by atoms with Crippen LogP contribution in [0.2, 0.25) is 0 Å². The van der Waals surface area contributed by atoms with Crippen LogP contribution in [0.3, 0.4) is 0 Å². The fraction of sp³-hybridized carbons (Fsp3) is 0.217. The number of benzene rings is 2. The number of aromatic amines is 1. The summed E-state index contributed by atoms with van der Waals surface area (Å²) in [4.78, 5) is 41.2. The van der Waals surface area contributed by atoms with Crippen molar-refractivity contribution >= 4 is 51.9 Å². The standard InChI is InChI=1S/C23H22N4O4S2/c1-12(2)25-22(30)18-19-26-21(29)16-9-6-14(10-17(16)27(19)23(32)33-18)20(28)24-11-13-4-7-15(31-3)8-5-13/h4-10,12H,11H2,1-3H3,(H,24,28)(H,25,30)(H,26,29). The molecular weight excluding hydrogens is 460 g/mol. The lowest BCUT2D eigenvalue weighted by atomic mass is 10.1. The van der Waals surface area contributed by atoms with Crippen molar-refractivity contribution in [1.29, 1.82) is 0 Å². The number of methoxy groups -OCH3 is 1. The summed E-state index contributed by atoms with van der Waals surface area (Å²) in [6.45, 7) is 4.04. The molecule has 0 spiro atoms. The number of H-pyrrole nitrogens is 1. The lowest BCUT2D eigenvalue weighted by Crippen LogP contribution is -2.30. The lowest BCUT2D eigenvalue weighted by molar-refractivity contribution is 0.0941. The van der Waals surface area contributed by atoms with Gasteiger partial charge in [0.15, 0.2) is 3.95 Å². The van der Waals surface area contributed by atoms with E-state index < -0.39 is 0 Å². The first-order chi connectivity index (χ1) is 15.8. The van der Waals surface area contributed by atoms with E-state index in [1.807, 2.05) is 38.1 Å². The van der Waals surface area contributed by atoms with Gasteiger partial charge in [-0.2, -0.15) is 0 Å². The van der Waals surface area contributed by atoms with Crippen molar-refractivity contribution in [1.82, 2.24) is 20.0 Å². The number of nitrogens with one attached hydrogen (secondary N) is 3. The van der Waals surface area contributed by atoms with Gasteiger partial charge in [0, 0.05) is 18.2 Å². The highest BCUT2D eigenvalue weighted by Gasteiger charge is 2.19. The van der Waals surface area contributed by atoms with E-state index in [0.29, 0.717) is 37.5 Å². The van der Waals surface area contributed by atoms with Crippen LogP contribution in [-0.2, 0) is 6.54 Å². The molecule has 0 saturated heterocycles. The number of aromatic nitrogens is 2. The molecular formula is C23H22N4O4S2. The molecule has 0 atom stereocenters. The average molecular weight is 483 g/mol. The zero-order valence-electron chi connectivity index (χ0n) is 18.2. The monoisotopic (exact) mass is 482 g/mol. The van der Waals surface area contributed by atoms with Crippen LogP contribution >= 0.6 is 23.6 Å². The van der Waals surface area contributed by atoms with E-state index in [2.05, 4.69) is 15.6 Å². The summed E-state index contributed by atoms with van der Waals surface area (Å²) in [5, 5.41) is 6.07. The van der Waals surface area contributed by atoms with Gasteiger partial charge in [-0.05, 0) is 62.0 Å². The largest absolute Gasteiger partial charge is 0.497 e. The zero-order valence-corrected chi connectivity index (χ0v) is 19.9. The summed E-state index contributed by atoms with van der Waals surface area (Å²) in [7, 11) is 1.60. The molecule has 2 aromatic carbocycles. The van der Waals surface area contributed by atoms with Gasteiger partial charge in [-0.3, -0.25) is 18.8 Å². The number of carbonyl (C=O) groups excluding carboxylic acids is 2. The first-order valence-electron chi connectivity index (χ1n) is 10.2. The molecule has 4 aromatic rings. The first kappa shape index (κ1) is 22.7. The van der Waals surface area contributed by atoms with Crippen molar-refractivity contribution < 1.29 is 14.3 Å². The van der Waals surface area contributed by atoms with E-state index in [0.717, 1.165) is 22.6 Å². The van der Waals surface area contributed by atoms with Crippen LogP contribution in [0.4, 0.5) is 0 Å². The second-order valence-electron chi connectivity index (χ2n) is 7.73. The van der Waals surface area contributed by atoms with Crippen molar-refractivity contribution in [3.63, 3.8) is 0 Å². The third-order valence-electron chi connectivity index (χ3n) is 5.03. The Balaban J connectivity index is 1.71. The number of ether oxygens (including phenoxy) is 1. The quantitative estimate of drug-likeness (QED) is 0.364. The molecule has 0 aliphatic rings. The smallest absolute Gasteiger partial charge is 0.265 e. The third kappa shape index (κ3) is 4.53. The Morgan fingerprint density at radius 1 is 1.15 bits per heavy atom. The number of hydrogen-bond acceptors (Lipinski definition) is 6.